The number of ketones is 1. The second kappa shape index (κ2) is 13.9. The summed E-state index contributed by atoms with van der Waals surface area (Å²) >= 11 is 0. The van der Waals surface area contributed by atoms with Gasteiger partial charge in [0.2, 0.25) is 0 Å². The van der Waals surface area contributed by atoms with Gasteiger partial charge in [0, 0.05) is 23.6 Å². The SMILES string of the molecule is C=C(CO[C@H]1O[C@@H](CO[C@@H]2OC[C@@H](O)[C@H](O)[C@@H]2O)[C@H](O)[C@@H](O)[C@@H]1O)[C@@H]1Cc2c(ccc3c2O[C@@H]2COc4cc(OC)c(OC)cc4[C@@H]2C3=O)O1. The molecule has 0 aromatic heterocycles. The van der Waals surface area contributed by atoms with Crippen LogP contribution < -0.4 is 23.7 Å². The number of aliphatic hydroxyl groups is 6. The maximum atomic E-state index is 13.9. The topological polar surface area (TPSA) is 222 Å². The molecule has 0 unspecified atom stereocenters. The summed E-state index contributed by atoms with van der Waals surface area (Å²) < 4.78 is 51.5. The molecular formula is C34H40O16. The molecule has 50 heavy (non-hydrogen) atoms. The summed E-state index contributed by atoms with van der Waals surface area (Å²) in [4.78, 5) is 13.9. The number of carbonyl (C=O) groups is 1. The predicted molar refractivity (Wildman–Crippen MR) is 167 cm³/mol. The second-order valence-electron chi connectivity index (χ2n) is 12.9. The summed E-state index contributed by atoms with van der Waals surface area (Å²) in [6.45, 7) is 3.35. The lowest BCUT2D eigenvalue weighted by atomic mass is 9.81. The fraction of sp³-hybridized carbons (Fsp3) is 0.559. The quantitative estimate of drug-likeness (QED) is 0.172. The van der Waals surface area contributed by atoms with Crippen molar-refractivity contribution < 1.29 is 78.1 Å². The Labute approximate surface area is 286 Å². The van der Waals surface area contributed by atoms with Crippen LogP contribution in [-0.2, 0) is 25.4 Å². The number of rotatable bonds is 9. The molecule has 2 saturated heterocycles. The van der Waals surface area contributed by atoms with Gasteiger partial charge in [-0.25, -0.2) is 0 Å². The minimum atomic E-state index is -1.67. The highest BCUT2D eigenvalue weighted by Gasteiger charge is 2.48. The third-order valence-electron chi connectivity index (χ3n) is 9.76. The van der Waals surface area contributed by atoms with Crippen molar-refractivity contribution in [2.24, 2.45) is 0 Å². The van der Waals surface area contributed by atoms with Gasteiger partial charge >= 0.3 is 0 Å². The van der Waals surface area contributed by atoms with E-state index in [2.05, 4.69) is 6.58 Å². The summed E-state index contributed by atoms with van der Waals surface area (Å²) in [7, 11) is 3.04. The molecule has 2 aromatic carbocycles. The molecule has 0 aliphatic carbocycles. The van der Waals surface area contributed by atoms with Crippen molar-refractivity contribution in [2.45, 2.75) is 79.9 Å². The van der Waals surface area contributed by atoms with Gasteiger partial charge in [0.05, 0.1) is 45.5 Å². The highest BCUT2D eigenvalue weighted by Crippen LogP contribution is 2.50. The Balaban J connectivity index is 0.993. The van der Waals surface area contributed by atoms with Crippen LogP contribution in [0.5, 0.6) is 28.7 Å². The van der Waals surface area contributed by atoms with Crippen molar-refractivity contribution >= 4 is 5.78 Å². The van der Waals surface area contributed by atoms with E-state index >= 15 is 0 Å². The van der Waals surface area contributed by atoms with Crippen molar-refractivity contribution in [2.75, 3.05) is 40.6 Å². The number of Topliss-reactive ketones (excluding diaryl/α,β-unsaturated/α-hetero) is 1. The zero-order chi connectivity index (χ0) is 35.4. The Morgan fingerprint density at radius 2 is 1.60 bits per heavy atom. The van der Waals surface area contributed by atoms with Gasteiger partial charge in [0.15, 0.2) is 29.9 Å². The highest BCUT2D eigenvalue weighted by molar-refractivity contribution is 6.06. The Bertz CT molecular complexity index is 1610. The molecule has 2 aromatic rings. The summed E-state index contributed by atoms with van der Waals surface area (Å²) in [6.07, 6.45) is -14.1. The molecule has 16 heteroatoms. The van der Waals surface area contributed by atoms with Crippen LogP contribution in [0, 0.1) is 0 Å². The molecule has 5 aliphatic heterocycles. The first-order valence-corrected chi connectivity index (χ1v) is 16.2. The van der Waals surface area contributed by atoms with E-state index in [1.165, 1.54) is 14.2 Å². The summed E-state index contributed by atoms with van der Waals surface area (Å²) in [6, 6.07) is 6.82. The van der Waals surface area contributed by atoms with Gasteiger partial charge in [-0.3, -0.25) is 4.79 Å². The fourth-order valence-corrected chi connectivity index (χ4v) is 6.88. The minimum Gasteiger partial charge on any atom is -0.493 e. The van der Waals surface area contributed by atoms with Gasteiger partial charge in [0.25, 0.3) is 0 Å². The van der Waals surface area contributed by atoms with Crippen molar-refractivity contribution in [1.82, 2.24) is 0 Å². The smallest absolute Gasteiger partial charge is 0.187 e. The molecule has 5 aliphatic rings. The molecule has 5 heterocycles. The van der Waals surface area contributed by atoms with Gasteiger partial charge in [-0.1, -0.05) is 6.58 Å². The molecule has 6 N–H and O–H groups in total. The van der Waals surface area contributed by atoms with Crippen LogP contribution in [0.4, 0.5) is 0 Å². The summed E-state index contributed by atoms with van der Waals surface area (Å²) in [5.74, 6) is 1.67. The summed E-state index contributed by atoms with van der Waals surface area (Å²) in [5.41, 5.74) is 2.20. The van der Waals surface area contributed by atoms with E-state index < -0.39 is 80.0 Å². The fourth-order valence-electron chi connectivity index (χ4n) is 6.88. The van der Waals surface area contributed by atoms with Crippen LogP contribution in [0.3, 0.4) is 0 Å². The van der Waals surface area contributed by atoms with Crippen LogP contribution in [-0.4, -0.2) is 145 Å². The standard InChI is InChI=1S/C34H40O16/c1-13(9-45-34-31(41)29(39)28(38)24(50-34)12-47-33-30(40)27(37)17(35)10-46-33)19-7-16-18(48-19)5-4-14-26(36)25-15-6-21(42-2)22(43-3)8-20(15)44-11-23(25)49-32(14)16/h4-6,8,17,19,23-25,27-31,33-35,37-41H,1,7,9-12H2,2-3H3/t17-,19+,23-,24+,25+,27+,28+,29-,30+,31+,33+,34+/m1/s1. The molecular weight excluding hydrogens is 664 g/mol. The number of ether oxygens (including phenoxy) is 9. The van der Waals surface area contributed by atoms with Gasteiger partial charge in [-0.05, 0) is 23.8 Å². The maximum Gasteiger partial charge on any atom is 0.187 e. The van der Waals surface area contributed by atoms with Crippen molar-refractivity contribution in [3.05, 3.63) is 53.1 Å². The molecule has 0 saturated carbocycles. The number of hydrogen-bond donors (Lipinski definition) is 6. The Morgan fingerprint density at radius 1 is 0.860 bits per heavy atom. The van der Waals surface area contributed by atoms with Crippen molar-refractivity contribution in [3.63, 3.8) is 0 Å². The van der Waals surface area contributed by atoms with Gasteiger partial charge in [-0.15, -0.1) is 0 Å². The highest BCUT2D eigenvalue weighted by atomic mass is 16.7. The zero-order valence-electron chi connectivity index (χ0n) is 27.2. The molecule has 272 valence electrons. The Morgan fingerprint density at radius 3 is 2.36 bits per heavy atom. The number of methoxy groups -OCH3 is 2. The van der Waals surface area contributed by atoms with E-state index in [1.807, 2.05) is 0 Å². The zero-order valence-corrected chi connectivity index (χ0v) is 27.2. The monoisotopic (exact) mass is 704 g/mol. The summed E-state index contributed by atoms with van der Waals surface area (Å²) in [5, 5.41) is 61.2. The average molecular weight is 705 g/mol. The van der Waals surface area contributed by atoms with E-state index in [1.54, 1.807) is 24.3 Å². The molecule has 2 fully saturated rings. The normalized spacial score (nSPS) is 35.7. The molecule has 12 atom stereocenters. The number of hydrogen-bond acceptors (Lipinski definition) is 16. The first-order chi connectivity index (χ1) is 24.0. The lowest BCUT2D eigenvalue weighted by molar-refractivity contribution is -0.319. The number of fused-ring (bicyclic) bond motifs is 6. The van der Waals surface area contributed by atoms with E-state index in [9.17, 15) is 35.4 Å². The van der Waals surface area contributed by atoms with E-state index in [0.29, 0.717) is 57.4 Å². The molecule has 0 radical (unpaired) electrons. The van der Waals surface area contributed by atoms with Gasteiger partial charge in [0.1, 0.15) is 78.8 Å². The lowest BCUT2D eigenvalue weighted by Gasteiger charge is -2.41. The Kier molecular flexibility index (Phi) is 9.68. The lowest BCUT2D eigenvalue weighted by Crippen LogP contribution is -2.60. The average Bonchev–Trinajstić information content (AvgIpc) is 3.57. The maximum absolute atomic E-state index is 13.9. The van der Waals surface area contributed by atoms with Gasteiger partial charge in [-0.2, -0.15) is 0 Å². The van der Waals surface area contributed by atoms with Crippen LogP contribution in [0.2, 0.25) is 0 Å². The molecule has 7 rings (SSSR count). The number of carbonyl (C=O) groups excluding carboxylic acids is 1. The van der Waals surface area contributed by atoms with Gasteiger partial charge < -0.3 is 73.3 Å². The third kappa shape index (κ3) is 6.08. The number of aliphatic hydroxyl groups excluding tert-OH is 6. The van der Waals surface area contributed by atoms with E-state index in [4.69, 9.17) is 42.6 Å². The van der Waals surface area contributed by atoms with E-state index in [-0.39, 0.29) is 25.6 Å². The first-order valence-electron chi connectivity index (χ1n) is 16.2. The largest absolute Gasteiger partial charge is 0.493 e. The Hall–Kier alpha value is -3.55. The molecule has 16 nitrogen and oxygen atoms in total. The van der Waals surface area contributed by atoms with Crippen LogP contribution in [0.1, 0.15) is 27.4 Å². The molecule has 0 bridgehead atoms. The molecule has 0 spiro atoms. The van der Waals surface area contributed by atoms with Crippen LogP contribution >= 0.6 is 0 Å². The minimum absolute atomic E-state index is 0.123. The van der Waals surface area contributed by atoms with Crippen LogP contribution in [0.15, 0.2) is 36.4 Å². The number of benzene rings is 2. The molecule has 0 amide bonds. The van der Waals surface area contributed by atoms with E-state index in [0.717, 1.165) is 0 Å². The first kappa shape index (κ1) is 34.9. The predicted octanol–water partition coefficient (Wildman–Crippen LogP) is -1.04. The second-order valence-corrected chi connectivity index (χ2v) is 12.9. The van der Waals surface area contributed by atoms with Crippen molar-refractivity contribution in [1.29, 1.82) is 0 Å². The van der Waals surface area contributed by atoms with Crippen LogP contribution in [0.25, 0.3) is 0 Å². The van der Waals surface area contributed by atoms with Crippen molar-refractivity contribution in [3.8, 4) is 28.7 Å². The third-order valence-corrected chi connectivity index (χ3v) is 9.76.